The van der Waals surface area contributed by atoms with Crippen LogP contribution in [0.1, 0.15) is 6.92 Å². The maximum atomic E-state index is 8.54. The molecule has 0 aromatic heterocycles. The standard InChI is InChI=1S/C11H12BrN3OS/c1-3-16-10-6-8(4-5-9(10)12)15-11(17-2)14-7-13/h4-6H,3H2,1-2H3,(H,14,15). The Morgan fingerprint density at radius 1 is 1.65 bits per heavy atom. The summed E-state index contributed by atoms with van der Waals surface area (Å²) in [4.78, 5) is 4.30. The summed E-state index contributed by atoms with van der Waals surface area (Å²) in [6, 6.07) is 5.54. The molecular formula is C11H12BrN3OS. The number of nitrogens with zero attached hydrogens (tertiary/aromatic N) is 2. The Balaban J connectivity index is 2.99. The summed E-state index contributed by atoms with van der Waals surface area (Å²) in [5.41, 5.74) is 0.740. The van der Waals surface area contributed by atoms with Gasteiger partial charge < -0.3 is 4.74 Å². The van der Waals surface area contributed by atoms with Gasteiger partial charge in [0, 0.05) is 6.07 Å². The Bertz CT molecular complexity index is 457. The first-order valence-corrected chi connectivity index (χ1v) is 6.93. The van der Waals surface area contributed by atoms with Crippen molar-refractivity contribution < 1.29 is 4.74 Å². The van der Waals surface area contributed by atoms with Gasteiger partial charge in [0.05, 0.1) is 16.8 Å². The lowest BCUT2D eigenvalue weighted by Gasteiger charge is -2.06. The van der Waals surface area contributed by atoms with Crippen molar-refractivity contribution >= 4 is 38.5 Å². The van der Waals surface area contributed by atoms with Gasteiger partial charge in [-0.25, -0.2) is 4.99 Å². The Morgan fingerprint density at radius 2 is 2.41 bits per heavy atom. The fraction of sp³-hybridized carbons (Fsp3) is 0.273. The fourth-order valence-electron chi connectivity index (χ4n) is 1.12. The van der Waals surface area contributed by atoms with Crippen LogP contribution in [0.25, 0.3) is 0 Å². The zero-order valence-corrected chi connectivity index (χ0v) is 11.9. The smallest absolute Gasteiger partial charge is 0.183 e. The molecule has 0 saturated heterocycles. The molecule has 4 nitrogen and oxygen atoms in total. The first-order chi connectivity index (χ1) is 8.21. The maximum absolute atomic E-state index is 8.54. The lowest BCUT2D eigenvalue weighted by molar-refractivity contribution is 0.338. The van der Waals surface area contributed by atoms with Crippen molar-refractivity contribution in [2.75, 3.05) is 12.9 Å². The number of thioether (sulfide) groups is 1. The average molecular weight is 314 g/mol. The zero-order valence-electron chi connectivity index (χ0n) is 9.53. The Morgan fingerprint density at radius 3 is 3.00 bits per heavy atom. The van der Waals surface area contributed by atoms with Gasteiger partial charge in [0.15, 0.2) is 11.4 Å². The number of amidine groups is 1. The summed E-state index contributed by atoms with van der Waals surface area (Å²) in [6.45, 7) is 2.52. The van der Waals surface area contributed by atoms with Gasteiger partial charge in [-0.3, -0.25) is 5.32 Å². The van der Waals surface area contributed by atoms with E-state index >= 15 is 0 Å². The van der Waals surface area contributed by atoms with Crippen LogP contribution in [0, 0.1) is 11.5 Å². The predicted octanol–water partition coefficient (Wildman–Crippen LogP) is 3.27. The summed E-state index contributed by atoms with van der Waals surface area (Å²) in [6.07, 6.45) is 3.70. The molecule has 1 aromatic carbocycles. The van der Waals surface area contributed by atoms with Crippen LogP contribution in [-0.4, -0.2) is 18.0 Å². The zero-order chi connectivity index (χ0) is 12.7. The van der Waals surface area contributed by atoms with E-state index in [9.17, 15) is 0 Å². The van der Waals surface area contributed by atoms with Crippen LogP contribution in [0.3, 0.4) is 0 Å². The number of ether oxygens (including phenoxy) is 1. The van der Waals surface area contributed by atoms with Gasteiger partial charge in [-0.15, -0.1) is 0 Å². The molecule has 0 bridgehead atoms. The molecule has 0 amide bonds. The molecule has 1 aromatic rings. The second-order valence-corrected chi connectivity index (χ2v) is 4.55. The minimum absolute atomic E-state index is 0.553. The first-order valence-electron chi connectivity index (χ1n) is 4.91. The third kappa shape index (κ3) is 4.29. The van der Waals surface area contributed by atoms with Gasteiger partial charge in [-0.1, -0.05) is 11.8 Å². The van der Waals surface area contributed by atoms with Gasteiger partial charge >= 0.3 is 0 Å². The number of halogens is 1. The van der Waals surface area contributed by atoms with Crippen LogP contribution in [0.5, 0.6) is 5.75 Å². The maximum Gasteiger partial charge on any atom is 0.183 e. The average Bonchev–Trinajstić information content (AvgIpc) is 2.33. The second-order valence-electron chi connectivity index (χ2n) is 2.91. The number of hydrogen-bond donors (Lipinski definition) is 1. The molecule has 0 aliphatic heterocycles. The van der Waals surface area contributed by atoms with E-state index in [1.807, 2.05) is 37.6 Å². The molecule has 0 heterocycles. The van der Waals surface area contributed by atoms with Crippen LogP contribution >= 0.6 is 27.7 Å². The van der Waals surface area contributed by atoms with Gasteiger partial charge in [-0.05, 0) is 41.2 Å². The van der Waals surface area contributed by atoms with Crippen molar-refractivity contribution in [3.8, 4) is 11.9 Å². The number of nitriles is 1. The van der Waals surface area contributed by atoms with E-state index in [1.54, 1.807) is 0 Å². The van der Waals surface area contributed by atoms with Crippen LogP contribution in [0.2, 0.25) is 0 Å². The van der Waals surface area contributed by atoms with Gasteiger partial charge in [0.25, 0.3) is 0 Å². The van der Waals surface area contributed by atoms with E-state index in [2.05, 4.69) is 26.2 Å². The van der Waals surface area contributed by atoms with Crippen LogP contribution in [-0.2, 0) is 0 Å². The molecule has 0 aliphatic rings. The predicted molar refractivity (Wildman–Crippen MR) is 74.7 cm³/mol. The molecule has 0 aliphatic carbocycles. The molecule has 1 N–H and O–H groups in total. The molecule has 17 heavy (non-hydrogen) atoms. The lowest BCUT2D eigenvalue weighted by Crippen LogP contribution is -2.12. The SMILES string of the molecule is CCOc1cc(N=C(NC#N)SC)ccc1Br. The molecule has 0 fully saturated rings. The summed E-state index contributed by atoms with van der Waals surface area (Å²) in [7, 11) is 0. The van der Waals surface area contributed by atoms with Gasteiger partial charge in [-0.2, -0.15) is 5.26 Å². The third-order valence-electron chi connectivity index (χ3n) is 1.80. The number of rotatable bonds is 3. The highest BCUT2D eigenvalue weighted by atomic mass is 79.9. The van der Waals surface area contributed by atoms with E-state index in [-0.39, 0.29) is 0 Å². The van der Waals surface area contributed by atoms with Gasteiger partial charge in [0.2, 0.25) is 0 Å². The van der Waals surface area contributed by atoms with Crippen molar-refractivity contribution in [3.05, 3.63) is 22.7 Å². The van der Waals surface area contributed by atoms with Gasteiger partial charge in [0.1, 0.15) is 5.75 Å². The summed E-state index contributed by atoms with van der Waals surface area (Å²) in [5, 5.41) is 11.6. The molecular weight excluding hydrogens is 302 g/mol. The van der Waals surface area contributed by atoms with Crippen molar-refractivity contribution in [3.63, 3.8) is 0 Å². The minimum atomic E-state index is 0.553. The summed E-state index contributed by atoms with van der Waals surface area (Å²) >= 11 is 4.78. The third-order valence-corrected chi connectivity index (χ3v) is 3.04. The van der Waals surface area contributed by atoms with Crippen molar-refractivity contribution in [1.29, 1.82) is 5.26 Å². The van der Waals surface area contributed by atoms with Crippen molar-refractivity contribution in [1.82, 2.24) is 5.32 Å². The van der Waals surface area contributed by atoms with E-state index < -0.39 is 0 Å². The monoisotopic (exact) mass is 313 g/mol. The molecule has 0 atom stereocenters. The Hall–Kier alpha value is -1.19. The van der Waals surface area contributed by atoms with Crippen molar-refractivity contribution in [2.45, 2.75) is 6.92 Å². The van der Waals surface area contributed by atoms with E-state index in [0.29, 0.717) is 11.8 Å². The van der Waals surface area contributed by atoms with Crippen LogP contribution in [0.15, 0.2) is 27.7 Å². The summed E-state index contributed by atoms with van der Waals surface area (Å²) < 4.78 is 6.33. The number of nitrogens with one attached hydrogen (secondary N) is 1. The van der Waals surface area contributed by atoms with E-state index in [1.165, 1.54) is 11.8 Å². The number of aliphatic imine (C=N–C) groups is 1. The highest BCUT2D eigenvalue weighted by Crippen LogP contribution is 2.29. The van der Waals surface area contributed by atoms with E-state index in [4.69, 9.17) is 10.00 Å². The van der Waals surface area contributed by atoms with Crippen LogP contribution in [0.4, 0.5) is 5.69 Å². The quantitative estimate of drug-likeness (QED) is 0.403. The normalized spacial score (nSPS) is 10.8. The van der Waals surface area contributed by atoms with Crippen molar-refractivity contribution in [2.24, 2.45) is 4.99 Å². The van der Waals surface area contributed by atoms with Crippen LogP contribution < -0.4 is 10.1 Å². The second kappa shape index (κ2) is 7.20. The highest BCUT2D eigenvalue weighted by molar-refractivity contribution is 9.10. The lowest BCUT2D eigenvalue weighted by atomic mass is 10.3. The molecule has 1 rings (SSSR count). The minimum Gasteiger partial charge on any atom is -0.493 e. The fourth-order valence-corrected chi connectivity index (χ4v) is 1.82. The molecule has 0 saturated carbocycles. The Kier molecular flexibility index (Phi) is 5.87. The molecule has 0 spiro atoms. The summed E-state index contributed by atoms with van der Waals surface area (Å²) in [5.74, 6) is 0.742. The highest BCUT2D eigenvalue weighted by Gasteiger charge is 2.03. The number of benzene rings is 1. The molecule has 0 unspecified atom stereocenters. The van der Waals surface area contributed by atoms with E-state index in [0.717, 1.165) is 15.9 Å². The molecule has 0 radical (unpaired) electrons. The first kappa shape index (κ1) is 13.9. The molecule has 6 heteroatoms. The topological polar surface area (TPSA) is 57.4 Å². The number of hydrogen-bond acceptors (Lipinski definition) is 4. The Labute approximate surface area is 113 Å². The largest absolute Gasteiger partial charge is 0.493 e. The molecule has 90 valence electrons.